The molecular weight excluding hydrogens is 271 g/mol. The number of nitrogen functional groups attached to an aromatic ring is 1. The van der Waals surface area contributed by atoms with Crippen molar-refractivity contribution in [3.63, 3.8) is 0 Å². The van der Waals surface area contributed by atoms with Gasteiger partial charge in [-0.25, -0.2) is 14.4 Å². The van der Waals surface area contributed by atoms with Crippen LogP contribution < -0.4 is 5.73 Å². The highest BCUT2D eigenvalue weighted by atomic mass is 19.1. The van der Waals surface area contributed by atoms with E-state index in [0.29, 0.717) is 30.6 Å². The van der Waals surface area contributed by atoms with E-state index in [0.717, 1.165) is 11.3 Å². The second-order valence-corrected chi connectivity index (χ2v) is 5.14. The molecule has 2 aromatic rings. The molecule has 0 fully saturated rings. The molecule has 0 saturated heterocycles. The Morgan fingerprint density at radius 2 is 2.24 bits per heavy atom. The molecule has 108 valence electrons. The van der Waals surface area contributed by atoms with Crippen molar-refractivity contribution in [3.05, 3.63) is 52.6 Å². The Hall–Kier alpha value is -2.50. The molecule has 0 saturated carbocycles. The second-order valence-electron chi connectivity index (χ2n) is 5.14. The molecule has 1 amide bonds. The number of aryl methyl sites for hydroxylation is 1. The number of halogens is 1. The molecule has 6 heteroatoms. The third-order valence-electron chi connectivity index (χ3n) is 3.66. The number of rotatable bonds is 1. The number of carbonyl (C=O) groups excluding carboxylic acids is 1. The third kappa shape index (κ3) is 2.56. The number of carbonyl (C=O) groups is 1. The zero-order valence-electron chi connectivity index (χ0n) is 11.6. The molecule has 1 aliphatic rings. The Kier molecular flexibility index (Phi) is 3.29. The lowest BCUT2D eigenvalue weighted by Gasteiger charge is -2.28. The van der Waals surface area contributed by atoms with E-state index in [1.54, 1.807) is 30.2 Å². The van der Waals surface area contributed by atoms with Gasteiger partial charge in [-0.3, -0.25) is 4.79 Å². The summed E-state index contributed by atoms with van der Waals surface area (Å²) in [4.78, 5) is 22.2. The normalized spacial score (nSPS) is 13.9. The molecular formula is C15H15FN4O. The Morgan fingerprint density at radius 3 is 3.00 bits per heavy atom. The zero-order chi connectivity index (χ0) is 15.0. The minimum atomic E-state index is -0.366. The van der Waals surface area contributed by atoms with Crippen molar-refractivity contribution in [3.8, 4) is 0 Å². The largest absolute Gasteiger partial charge is 0.368 e. The number of fused-ring (bicyclic) bond motifs is 1. The molecule has 1 aromatic carbocycles. The predicted molar refractivity (Wildman–Crippen MR) is 76.0 cm³/mol. The van der Waals surface area contributed by atoms with E-state index in [9.17, 15) is 9.18 Å². The van der Waals surface area contributed by atoms with E-state index in [-0.39, 0.29) is 17.7 Å². The fourth-order valence-electron chi connectivity index (χ4n) is 2.41. The SMILES string of the molecule is Cc1ccc(C(=O)N2CCc3nc(N)ncc3C2)cc1F. The summed E-state index contributed by atoms with van der Waals surface area (Å²) >= 11 is 0. The van der Waals surface area contributed by atoms with Crippen molar-refractivity contribution < 1.29 is 9.18 Å². The van der Waals surface area contributed by atoms with Gasteiger partial charge >= 0.3 is 0 Å². The minimum absolute atomic E-state index is 0.184. The fourth-order valence-corrected chi connectivity index (χ4v) is 2.41. The molecule has 21 heavy (non-hydrogen) atoms. The summed E-state index contributed by atoms with van der Waals surface area (Å²) in [5.74, 6) is -0.306. The maximum atomic E-state index is 13.6. The average molecular weight is 286 g/mol. The molecule has 2 N–H and O–H groups in total. The maximum absolute atomic E-state index is 13.6. The summed E-state index contributed by atoms with van der Waals surface area (Å²) in [7, 11) is 0. The quantitative estimate of drug-likeness (QED) is 0.866. The first-order chi connectivity index (χ1) is 10.0. The van der Waals surface area contributed by atoms with Gasteiger partial charge in [-0.15, -0.1) is 0 Å². The van der Waals surface area contributed by atoms with E-state index in [1.807, 2.05) is 0 Å². The maximum Gasteiger partial charge on any atom is 0.254 e. The number of hydrogen-bond acceptors (Lipinski definition) is 4. The summed E-state index contributed by atoms with van der Waals surface area (Å²) in [6.45, 7) is 2.63. The Labute approximate surface area is 121 Å². The number of benzene rings is 1. The summed E-state index contributed by atoms with van der Waals surface area (Å²) < 4.78 is 13.6. The van der Waals surface area contributed by atoms with Gasteiger partial charge in [0, 0.05) is 36.8 Å². The Balaban J connectivity index is 1.83. The summed E-state index contributed by atoms with van der Waals surface area (Å²) in [5.41, 5.74) is 8.20. The molecule has 1 aliphatic heterocycles. The summed E-state index contributed by atoms with van der Waals surface area (Å²) in [5, 5.41) is 0. The lowest BCUT2D eigenvalue weighted by molar-refractivity contribution is 0.0733. The van der Waals surface area contributed by atoms with Gasteiger partial charge in [0.1, 0.15) is 5.82 Å². The Morgan fingerprint density at radius 1 is 1.43 bits per heavy atom. The lowest BCUT2D eigenvalue weighted by atomic mass is 10.1. The predicted octanol–water partition coefficient (Wildman–Crippen LogP) is 1.70. The van der Waals surface area contributed by atoms with E-state index >= 15 is 0 Å². The smallest absolute Gasteiger partial charge is 0.254 e. The zero-order valence-corrected chi connectivity index (χ0v) is 11.6. The molecule has 0 radical (unpaired) electrons. The number of anilines is 1. The van der Waals surface area contributed by atoms with Crippen molar-refractivity contribution in [1.29, 1.82) is 0 Å². The lowest BCUT2D eigenvalue weighted by Crippen LogP contribution is -2.36. The number of nitrogens with two attached hydrogens (primary N) is 1. The van der Waals surface area contributed by atoms with Crippen LogP contribution in [0.4, 0.5) is 10.3 Å². The highest BCUT2D eigenvalue weighted by Gasteiger charge is 2.23. The number of amides is 1. The van der Waals surface area contributed by atoms with Crippen molar-refractivity contribution in [1.82, 2.24) is 14.9 Å². The Bertz CT molecular complexity index is 717. The van der Waals surface area contributed by atoms with Crippen molar-refractivity contribution in [2.45, 2.75) is 19.9 Å². The molecule has 0 unspecified atom stereocenters. The van der Waals surface area contributed by atoms with Crippen LogP contribution in [0.2, 0.25) is 0 Å². The molecule has 1 aromatic heterocycles. The molecule has 2 heterocycles. The monoisotopic (exact) mass is 286 g/mol. The molecule has 5 nitrogen and oxygen atoms in total. The highest BCUT2D eigenvalue weighted by molar-refractivity contribution is 5.94. The average Bonchev–Trinajstić information content (AvgIpc) is 2.49. The van der Waals surface area contributed by atoms with Crippen LogP contribution in [-0.4, -0.2) is 27.3 Å². The van der Waals surface area contributed by atoms with Crippen LogP contribution in [0, 0.1) is 12.7 Å². The van der Waals surface area contributed by atoms with Crippen LogP contribution in [0.15, 0.2) is 24.4 Å². The first-order valence-corrected chi connectivity index (χ1v) is 6.70. The van der Waals surface area contributed by atoms with Crippen LogP contribution in [0.25, 0.3) is 0 Å². The molecule has 3 rings (SSSR count). The molecule has 0 spiro atoms. The second kappa shape index (κ2) is 5.12. The number of aromatic nitrogens is 2. The minimum Gasteiger partial charge on any atom is -0.368 e. The van der Waals surface area contributed by atoms with Gasteiger partial charge in [0.05, 0.1) is 5.69 Å². The number of hydrogen-bond donors (Lipinski definition) is 1. The van der Waals surface area contributed by atoms with Gasteiger partial charge in [-0.2, -0.15) is 0 Å². The van der Waals surface area contributed by atoms with Gasteiger partial charge in [0.25, 0.3) is 5.91 Å². The van der Waals surface area contributed by atoms with Crippen LogP contribution >= 0.6 is 0 Å². The summed E-state index contributed by atoms with van der Waals surface area (Å²) in [6, 6.07) is 4.55. The number of nitrogens with zero attached hydrogens (tertiary/aromatic N) is 3. The third-order valence-corrected chi connectivity index (χ3v) is 3.66. The van der Waals surface area contributed by atoms with Gasteiger partial charge in [0.15, 0.2) is 0 Å². The van der Waals surface area contributed by atoms with E-state index < -0.39 is 0 Å². The van der Waals surface area contributed by atoms with E-state index in [4.69, 9.17) is 5.73 Å². The van der Waals surface area contributed by atoms with Crippen LogP contribution in [-0.2, 0) is 13.0 Å². The van der Waals surface area contributed by atoms with Crippen LogP contribution in [0.3, 0.4) is 0 Å². The van der Waals surface area contributed by atoms with Gasteiger partial charge in [-0.1, -0.05) is 6.07 Å². The van der Waals surface area contributed by atoms with Crippen molar-refractivity contribution in [2.24, 2.45) is 0 Å². The first kappa shape index (κ1) is 13.5. The molecule has 0 bridgehead atoms. The van der Waals surface area contributed by atoms with Gasteiger partial charge < -0.3 is 10.6 Å². The summed E-state index contributed by atoms with van der Waals surface area (Å²) in [6.07, 6.45) is 2.27. The fraction of sp³-hybridized carbons (Fsp3) is 0.267. The topological polar surface area (TPSA) is 72.1 Å². The molecule has 0 aliphatic carbocycles. The first-order valence-electron chi connectivity index (χ1n) is 6.70. The van der Waals surface area contributed by atoms with Crippen molar-refractivity contribution >= 4 is 11.9 Å². The van der Waals surface area contributed by atoms with Gasteiger partial charge in [0.2, 0.25) is 5.95 Å². The standard InChI is InChI=1S/C15H15FN4O/c1-9-2-3-10(6-12(9)16)14(21)20-5-4-13-11(8-20)7-18-15(17)19-13/h2-3,6-7H,4-5,8H2,1H3,(H2,17,18,19). The van der Waals surface area contributed by atoms with Crippen LogP contribution in [0.5, 0.6) is 0 Å². The van der Waals surface area contributed by atoms with E-state index in [1.165, 1.54) is 6.07 Å². The van der Waals surface area contributed by atoms with E-state index in [2.05, 4.69) is 9.97 Å². The van der Waals surface area contributed by atoms with Crippen molar-refractivity contribution in [2.75, 3.05) is 12.3 Å². The van der Waals surface area contributed by atoms with Crippen LogP contribution in [0.1, 0.15) is 27.2 Å². The highest BCUT2D eigenvalue weighted by Crippen LogP contribution is 2.20. The molecule has 0 atom stereocenters. The van der Waals surface area contributed by atoms with Gasteiger partial charge in [-0.05, 0) is 24.6 Å².